The summed E-state index contributed by atoms with van der Waals surface area (Å²) in [6.07, 6.45) is 2.33. The lowest BCUT2D eigenvalue weighted by Gasteiger charge is -2.30. The van der Waals surface area contributed by atoms with Crippen LogP contribution in [0.2, 0.25) is 0 Å². The molecule has 1 aliphatic rings. The van der Waals surface area contributed by atoms with Crippen molar-refractivity contribution in [1.29, 1.82) is 0 Å². The van der Waals surface area contributed by atoms with Gasteiger partial charge in [0.05, 0.1) is 13.1 Å². The number of nitrogens with one attached hydrogen (secondary N) is 3. The fourth-order valence-electron chi connectivity index (χ4n) is 3.53. The third-order valence-corrected chi connectivity index (χ3v) is 5.17. The molecule has 1 heterocycles. The summed E-state index contributed by atoms with van der Waals surface area (Å²) in [7, 11) is 0. The van der Waals surface area contributed by atoms with Gasteiger partial charge in [0.2, 0.25) is 0 Å². The molecule has 4 heteroatoms. The van der Waals surface area contributed by atoms with Gasteiger partial charge < -0.3 is 15.5 Å². The Morgan fingerprint density at radius 1 is 1.08 bits per heavy atom. The Balaban J connectivity index is 1.44. The molecule has 132 valence electrons. The first kappa shape index (κ1) is 17.9. The normalized spacial score (nSPS) is 20.1. The lowest BCUT2D eigenvalue weighted by atomic mass is 10.0. The van der Waals surface area contributed by atoms with Crippen LogP contribution in [-0.4, -0.2) is 24.2 Å². The molecule has 2 aromatic rings. The molecule has 0 aliphatic carbocycles. The average molecular weight is 355 g/mol. The minimum absolute atomic E-state index is 0.477. The van der Waals surface area contributed by atoms with E-state index in [4.69, 9.17) is 12.2 Å². The van der Waals surface area contributed by atoms with Crippen LogP contribution in [-0.2, 0) is 6.54 Å². The molecule has 1 fully saturated rings. The highest BCUT2D eigenvalue weighted by atomic mass is 32.1. The van der Waals surface area contributed by atoms with Crippen LogP contribution in [0, 0.1) is 13.8 Å². The Bertz CT molecular complexity index is 706. The van der Waals surface area contributed by atoms with Gasteiger partial charge in [-0.05, 0) is 37.7 Å². The van der Waals surface area contributed by atoms with E-state index in [0.29, 0.717) is 6.04 Å². The van der Waals surface area contributed by atoms with E-state index in [9.17, 15) is 0 Å². The molecule has 2 aromatic carbocycles. The number of quaternary nitrogens is 1. The first-order valence-electron chi connectivity index (χ1n) is 9.12. The maximum absolute atomic E-state index is 5.51. The highest BCUT2D eigenvalue weighted by Crippen LogP contribution is 2.16. The molecular formula is C21H28N3S+. The second-order valence-corrected chi connectivity index (χ2v) is 7.51. The van der Waals surface area contributed by atoms with Gasteiger partial charge in [-0.2, -0.15) is 0 Å². The Labute approximate surface area is 156 Å². The summed E-state index contributed by atoms with van der Waals surface area (Å²) < 4.78 is 0. The molecule has 25 heavy (non-hydrogen) atoms. The monoisotopic (exact) mass is 354 g/mol. The zero-order valence-electron chi connectivity index (χ0n) is 15.1. The van der Waals surface area contributed by atoms with E-state index < -0.39 is 0 Å². The summed E-state index contributed by atoms with van der Waals surface area (Å²) in [4.78, 5) is 1.66. The molecule has 0 amide bonds. The van der Waals surface area contributed by atoms with Gasteiger partial charge in [-0.3, -0.25) is 0 Å². The number of likely N-dealkylation sites (tertiary alicyclic amines) is 1. The van der Waals surface area contributed by atoms with Gasteiger partial charge in [-0.15, -0.1) is 0 Å². The predicted molar refractivity (Wildman–Crippen MR) is 109 cm³/mol. The van der Waals surface area contributed by atoms with Gasteiger partial charge in [-0.25, -0.2) is 0 Å². The minimum Gasteiger partial charge on any atom is -0.359 e. The van der Waals surface area contributed by atoms with Crippen LogP contribution in [0.4, 0.5) is 5.69 Å². The standard InChI is InChI=1S/C21H27N3S/c1-16-8-9-20(17(2)14-16)23-21(25)22-19-10-12-24(13-11-19)15-18-6-4-3-5-7-18/h3-9,14,19H,10-13,15H2,1-2H3,(H2,22,23,25)/p+1. The van der Waals surface area contributed by atoms with Gasteiger partial charge in [0, 0.05) is 30.1 Å². The van der Waals surface area contributed by atoms with Gasteiger partial charge in [0.25, 0.3) is 0 Å². The van der Waals surface area contributed by atoms with Crippen LogP contribution in [0.1, 0.15) is 29.5 Å². The fraction of sp³-hybridized carbons (Fsp3) is 0.381. The second-order valence-electron chi connectivity index (χ2n) is 7.10. The molecular weight excluding hydrogens is 326 g/mol. The highest BCUT2D eigenvalue weighted by molar-refractivity contribution is 7.80. The van der Waals surface area contributed by atoms with Crippen LogP contribution < -0.4 is 15.5 Å². The van der Waals surface area contributed by atoms with E-state index in [-0.39, 0.29) is 0 Å². The Kier molecular flexibility index (Phi) is 6.05. The van der Waals surface area contributed by atoms with Crippen LogP contribution >= 0.6 is 12.2 Å². The van der Waals surface area contributed by atoms with Crippen molar-refractivity contribution in [2.75, 3.05) is 18.4 Å². The number of anilines is 1. The summed E-state index contributed by atoms with van der Waals surface area (Å²) in [6.45, 7) is 7.73. The SMILES string of the molecule is Cc1ccc(NC(=S)NC2CC[NH+](Cc3ccccc3)CC2)c(C)c1. The van der Waals surface area contributed by atoms with E-state index in [1.807, 2.05) is 0 Å². The first-order valence-corrected chi connectivity index (χ1v) is 9.53. The van der Waals surface area contributed by atoms with E-state index >= 15 is 0 Å². The number of hydrogen-bond donors (Lipinski definition) is 3. The van der Waals surface area contributed by atoms with Crippen molar-refractivity contribution in [1.82, 2.24) is 5.32 Å². The molecule has 1 aliphatic heterocycles. The van der Waals surface area contributed by atoms with E-state index in [1.54, 1.807) is 4.90 Å². The fourth-order valence-corrected chi connectivity index (χ4v) is 3.81. The number of benzene rings is 2. The van der Waals surface area contributed by atoms with Crippen molar-refractivity contribution in [2.24, 2.45) is 0 Å². The average Bonchev–Trinajstić information content (AvgIpc) is 2.60. The maximum Gasteiger partial charge on any atom is 0.171 e. The molecule has 3 N–H and O–H groups in total. The maximum atomic E-state index is 5.51. The molecule has 0 aromatic heterocycles. The summed E-state index contributed by atoms with van der Waals surface area (Å²) in [5.74, 6) is 0. The minimum atomic E-state index is 0.477. The molecule has 0 bridgehead atoms. The number of hydrogen-bond acceptors (Lipinski definition) is 1. The van der Waals surface area contributed by atoms with Crippen molar-refractivity contribution < 1.29 is 4.90 Å². The number of thiocarbonyl (C=S) groups is 1. The third-order valence-electron chi connectivity index (χ3n) is 4.95. The number of aryl methyl sites for hydroxylation is 2. The number of piperidine rings is 1. The van der Waals surface area contributed by atoms with Gasteiger partial charge in [0.15, 0.2) is 5.11 Å². The molecule has 0 atom stereocenters. The second kappa shape index (κ2) is 8.45. The van der Waals surface area contributed by atoms with Crippen molar-refractivity contribution in [2.45, 2.75) is 39.3 Å². The third kappa shape index (κ3) is 5.28. The smallest absolute Gasteiger partial charge is 0.171 e. The summed E-state index contributed by atoms with van der Waals surface area (Å²) in [6, 6.07) is 17.6. The van der Waals surface area contributed by atoms with E-state index in [1.165, 1.54) is 29.8 Å². The van der Waals surface area contributed by atoms with Crippen molar-refractivity contribution in [3.05, 3.63) is 65.2 Å². The van der Waals surface area contributed by atoms with Crippen LogP contribution in [0.25, 0.3) is 0 Å². The zero-order chi connectivity index (χ0) is 17.6. The molecule has 0 radical (unpaired) electrons. The Morgan fingerprint density at radius 2 is 1.80 bits per heavy atom. The molecule has 3 rings (SSSR count). The van der Waals surface area contributed by atoms with Gasteiger partial charge in [-0.1, -0.05) is 48.0 Å². The predicted octanol–water partition coefficient (Wildman–Crippen LogP) is 2.84. The van der Waals surface area contributed by atoms with Crippen molar-refractivity contribution >= 4 is 23.0 Å². The molecule has 1 saturated heterocycles. The summed E-state index contributed by atoms with van der Waals surface area (Å²) in [5.41, 5.74) is 5.02. The van der Waals surface area contributed by atoms with Crippen LogP contribution in [0.3, 0.4) is 0 Å². The molecule has 0 spiro atoms. The van der Waals surface area contributed by atoms with Gasteiger partial charge in [0.1, 0.15) is 6.54 Å². The molecule has 3 nitrogen and oxygen atoms in total. The van der Waals surface area contributed by atoms with Crippen molar-refractivity contribution in [3.63, 3.8) is 0 Å². The highest BCUT2D eigenvalue weighted by Gasteiger charge is 2.22. The van der Waals surface area contributed by atoms with Crippen LogP contribution in [0.5, 0.6) is 0 Å². The van der Waals surface area contributed by atoms with Gasteiger partial charge >= 0.3 is 0 Å². The quantitative estimate of drug-likeness (QED) is 0.738. The lowest BCUT2D eigenvalue weighted by molar-refractivity contribution is -0.918. The van der Waals surface area contributed by atoms with Crippen molar-refractivity contribution in [3.8, 4) is 0 Å². The first-order chi connectivity index (χ1) is 12.1. The van der Waals surface area contributed by atoms with E-state index in [2.05, 4.69) is 73.0 Å². The lowest BCUT2D eigenvalue weighted by Crippen LogP contribution is -3.12. The molecule has 0 unspecified atom stereocenters. The molecule has 0 saturated carbocycles. The topological polar surface area (TPSA) is 28.5 Å². The number of rotatable bonds is 4. The van der Waals surface area contributed by atoms with E-state index in [0.717, 1.165) is 30.2 Å². The van der Waals surface area contributed by atoms with Crippen LogP contribution in [0.15, 0.2) is 48.5 Å². The Hall–Kier alpha value is -1.91. The summed E-state index contributed by atoms with van der Waals surface area (Å²) >= 11 is 5.51. The Morgan fingerprint density at radius 3 is 2.48 bits per heavy atom. The largest absolute Gasteiger partial charge is 0.359 e. The zero-order valence-corrected chi connectivity index (χ0v) is 16.0. The summed E-state index contributed by atoms with van der Waals surface area (Å²) in [5, 5.41) is 7.59.